The van der Waals surface area contributed by atoms with E-state index < -0.39 is 6.10 Å². The Morgan fingerprint density at radius 2 is 1.83 bits per heavy atom. The van der Waals surface area contributed by atoms with Crippen LogP contribution < -0.4 is 0 Å². The Morgan fingerprint density at radius 1 is 1.11 bits per heavy atom. The number of aryl methyl sites for hydroxylation is 2. The zero-order valence-corrected chi connectivity index (χ0v) is 11.0. The summed E-state index contributed by atoms with van der Waals surface area (Å²) in [6.45, 7) is 3.55. The summed E-state index contributed by atoms with van der Waals surface area (Å²) < 4.78 is 13.9. The molecule has 2 aromatic carbocycles. The monoisotopic (exact) mass is 264 g/mol. The maximum absolute atomic E-state index is 13.9. The molecule has 0 saturated carbocycles. The Morgan fingerprint density at radius 3 is 2.50 bits per heavy atom. The van der Waals surface area contributed by atoms with Crippen molar-refractivity contribution in [1.82, 2.24) is 0 Å². The van der Waals surface area contributed by atoms with Gasteiger partial charge < -0.3 is 5.11 Å². The number of halogens is 2. The SMILES string of the molecule is Cc1ccc(C(O)c2cccc(C)c2F)cc1Cl. The molecule has 0 aliphatic carbocycles. The first-order valence-electron chi connectivity index (χ1n) is 5.70. The molecule has 1 unspecified atom stereocenters. The predicted molar refractivity (Wildman–Crippen MR) is 71.4 cm³/mol. The van der Waals surface area contributed by atoms with Crippen LogP contribution in [0.4, 0.5) is 4.39 Å². The average molecular weight is 265 g/mol. The van der Waals surface area contributed by atoms with E-state index in [4.69, 9.17) is 11.6 Å². The lowest BCUT2D eigenvalue weighted by Crippen LogP contribution is -2.04. The number of aliphatic hydroxyl groups is 1. The van der Waals surface area contributed by atoms with E-state index in [1.165, 1.54) is 0 Å². The second kappa shape index (κ2) is 5.09. The molecular weight excluding hydrogens is 251 g/mol. The van der Waals surface area contributed by atoms with Gasteiger partial charge in [0.25, 0.3) is 0 Å². The lowest BCUT2D eigenvalue weighted by Gasteiger charge is -2.14. The van der Waals surface area contributed by atoms with E-state index in [0.29, 0.717) is 16.1 Å². The van der Waals surface area contributed by atoms with Gasteiger partial charge in [-0.1, -0.05) is 41.9 Å². The largest absolute Gasteiger partial charge is 0.384 e. The van der Waals surface area contributed by atoms with Crippen molar-refractivity contribution in [3.05, 3.63) is 69.5 Å². The van der Waals surface area contributed by atoms with Crippen LogP contribution in [0.3, 0.4) is 0 Å². The first-order chi connectivity index (χ1) is 8.50. The van der Waals surface area contributed by atoms with Crippen LogP contribution in [0, 0.1) is 19.7 Å². The van der Waals surface area contributed by atoms with E-state index in [0.717, 1.165) is 5.56 Å². The fourth-order valence-corrected chi connectivity index (χ4v) is 2.03. The van der Waals surface area contributed by atoms with Crippen molar-refractivity contribution >= 4 is 11.6 Å². The number of aliphatic hydroxyl groups excluding tert-OH is 1. The van der Waals surface area contributed by atoms with Crippen LogP contribution in [-0.4, -0.2) is 5.11 Å². The Hall–Kier alpha value is -1.38. The molecule has 1 nitrogen and oxygen atoms in total. The minimum Gasteiger partial charge on any atom is -0.384 e. The molecule has 0 amide bonds. The minimum absolute atomic E-state index is 0.273. The van der Waals surface area contributed by atoms with Crippen LogP contribution >= 0.6 is 11.6 Å². The summed E-state index contributed by atoms with van der Waals surface area (Å²) in [6, 6.07) is 10.2. The predicted octanol–water partition coefficient (Wildman–Crippen LogP) is 4.18. The third-order valence-corrected chi connectivity index (χ3v) is 3.44. The van der Waals surface area contributed by atoms with Crippen molar-refractivity contribution in [3.8, 4) is 0 Å². The lowest BCUT2D eigenvalue weighted by atomic mass is 9.98. The van der Waals surface area contributed by atoms with Gasteiger partial charge in [0.2, 0.25) is 0 Å². The first kappa shape index (κ1) is 13.1. The summed E-state index contributed by atoms with van der Waals surface area (Å²) in [5, 5.41) is 10.8. The summed E-state index contributed by atoms with van der Waals surface area (Å²) in [5.74, 6) is -0.373. The maximum Gasteiger partial charge on any atom is 0.132 e. The Kier molecular flexibility index (Phi) is 3.69. The normalized spacial score (nSPS) is 12.5. The molecule has 94 valence electrons. The highest BCUT2D eigenvalue weighted by Crippen LogP contribution is 2.28. The lowest BCUT2D eigenvalue weighted by molar-refractivity contribution is 0.214. The van der Waals surface area contributed by atoms with Gasteiger partial charge >= 0.3 is 0 Å². The first-order valence-corrected chi connectivity index (χ1v) is 6.07. The van der Waals surface area contributed by atoms with Gasteiger partial charge in [-0.3, -0.25) is 0 Å². The molecule has 0 aliphatic heterocycles. The van der Waals surface area contributed by atoms with E-state index in [1.54, 1.807) is 37.3 Å². The van der Waals surface area contributed by atoms with Crippen LogP contribution in [0.2, 0.25) is 5.02 Å². The molecule has 2 rings (SSSR count). The van der Waals surface area contributed by atoms with E-state index in [2.05, 4.69) is 0 Å². The van der Waals surface area contributed by atoms with Crippen LogP contribution in [0.15, 0.2) is 36.4 Å². The summed E-state index contributed by atoms with van der Waals surface area (Å²) in [5.41, 5.74) is 2.31. The van der Waals surface area contributed by atoms with Gasteiger partial charge in [-0.05, 0) is 36.6 Å². The average Bonchev–Trinajstić information content (AvgIpc) is 2.35. The van der Waals surface area contributed by atoms with Crippen LogP contribution in [0.5, 0.6) is 0 Å². The molecule has 3 heteroatoms. The van der Waals surface area contributed by atoms with Crippen molar-refractivity contribution in [1.29, 1.82) is 0 Å². The van der Waals surface area contributed by atoms with Crippen molar-refractivity contribution < 1.29 is 9.50 Å². The van der Waals surface area contributed by atoms with Crippen LogP contribution in [0.25, 0.3) is 0 Å². The molecule has 0 bridgehead atoms. The van der Waals surface area contributed by atoms with Gasteiger partial charge in [0, 0.05) is 10.6 Å². The number of hydrogen-bond acceptors (Lipinski definition) is 1. The topological polar surface area (TPSA) is 20.2 Å². The van der Waals surface area contributed by atoms with Crippen molar-refractivity contribution in [3.63, 3.8) is 0 Å². The summed E-state index contributed by atoms with van der Waals surface area (Å²) in [4.78, 5) is 0. The standard InChI is InChI=1S/C15H14ClFO/c1-9-6-7-11(8-13(9)16)15(18)12-5-3-4-10(2)14(12)17/h3-8,15,18H,1-2H3. The Labute approximate surface area is 111 Å². The molecule has 0 saturated heterocycles. The molecule has 1 N–H and O–H groups in total. The van der Waals surface area contributed by atoms with Gasteiger partial charge in [-0.25, -0.2) is 4.39 Å². The van der Waals surface area contributed by atoms with Gasteiger partial charge in [0.1, 0.15) is 11.9 Å². The molecule has 0 aromatic heterocycles. The Balaban J connectivity index is 2.44. The van der Waals surface area contributed by atoms with Gasteiger partial charge in [0.05, 0.1) is 0 Å². The van der Waals surface area contributed by atoms with Crippen LogP contribution in [-0.2, 0) is 0 Å². The molecule has 1 atom stereocenters. The number of hydrogen-bond donors (Lipinski definition) is 1. The van der Waals surface area contributed by atoms with E-state index >= 15 is 0 Å². The zero-order chi connectivity index (χ0) is 13.3. The van der Waals surface area contributed by atoms with E-state index in [1.807, 2.05) is 13.0 Å². The summed E-state index contributed by atoms with van der Waals surface area (Å²) in [6.07, 6.45) is -0.997. The second-order valence-electron chi connectivity index (χ2n) is 4.39. The van der Waals surface area contributed by atoms with Gasteiger partial charge in [0.15, 0.2) is 0 Å². The fraction of sp³-hybridized carbons (Fsp3) is 0.200. The molecular formula is C15H14ClFO. The Bertz CT molecular complexity index is 581. The molecule has 0 heterocycles. The second-order valence-corrected chi connectivity index (χ2v) is 4.80. The van der Waals surface area contributed by atoms with Gasteiger partial charge in [-0.15, -0.1) is 0 Å². The van der Waals surface area contributed by atoms with Gasteiger partial charge in [-0.2, -0.15) is 0 Å². The quantitative estimate of drug-likeness (QED) is 0.863. The molecule has 2 aromatic rings. The highest BCUT2D eigenvalue weighted by Gasteiger charge is 2.16. The molecule has 0 spiro atoms. The van der Waals surface area contributed by atoms with Crippen molar-refractivity contribution in [2.45, 2.75) is 20.0 Å². The molecule has 0 aliphatic rings. The number of benzene rings is 2. The molecule has 0 radical (unpaired) electrons. The van der Waals surface area contributed by atoms with E-state index in [9.17, 15) is 9.50 Å². The number of rotatable bonds is 2. The van der Waals surface area contributed by atoms with Crippen LogP contribution in [0.1, 0.15) is 28.4 Å². The molecule has 0 fully saturated rings. The highest BCUT2D eigenvalue weighted by molar-refractivity contribution is 6.31. The summed E-state index contributed by atoms with van der Waals surface area (Å²) >= 11 is 6.01. The maximum atomic E-state index is 13.9. The van der Waals surface area contributed by atoms with E-state index in [-0.39, 0.29) is 11.4 Å². The minimum atomic E-state index is -0.997. The summed E-state index contributed by atoms with van der Waals surface area (Å²) in [7, 11) is 0. The van der Waals surface area contributed by atoms with Crippen molar-refractivity contribution in [2.24, 2.45) is 0 Å². The molecule has 18 heavy (non-hydrogen) atoms. The smallest absolute Gasteiger partial charge is 0.132 e. The highest BCUT2D eigenvalue weighted by atomic mass is 35.5. The zero-order valence-electron chi connectivity index (χ0n) is 10.2. The van der Waals surface area contributed by atoms with Crippen molar-refractivity contribution in [2.75, 3.05) is 0 Å². The third-order valence-electron chi connectivity index (χ3n) is 3.03. The fourth-order valence-electron chi connectivity index (χ4n) is 1.84. The third kappa shape index (κ3) is 2.40.